The minimum atomic E-state index is -0.880. The fourth-order valence-electron chi connectivity index (χ4n) is 1.31. The number of benzene rings is 1. The van der Waals surface area contributed by atoms with Crippen molar-refractivity contribution >= 4 is 17.6 Å². The molecule has 0 radical (unpaired) electrons. The molecule has 4 N–H and O–H groups in total. The third-order valence-corrected chi connectivity index (χ3v) is 2.10. The van der Waals surface area contributed by atoms with Crippen LogP contribution in [0.4, 0.5) is 10.5 Å². The number of hydrogen-bond donors (Lipinski definition) is 3. The monoisotopic (exact) mass is 253 g/mol. The molecule has 0 spiro atoms. The predicted molar refractivity (Wildman–Crippen MR) is 65.8 cm³/mol. The van der Waals surface area contributed by atoms with Gasteiger partial charge in [0.05, 0.1) is 20.8 Å². The Morgan fingerprint density at radius 1 is 1.22 bits per heavy atom. The van der Waals surface area contributed by atoms with Crippen molar-refractivity contribution in [1.82, 2.24) is 5.32 Å². The maximum absolute atomic E-state index is 11.2. The first-order valence-corrected chi connectivity index (χ1v) is 5.12. The van der Waals surface area contributed by atoms with Crippen molar-refractivity contribution in [2.75, 3.05) is 26.1 Å². The number of amides is 3. The third kappa shape index (κ3) is 3.85. The molecule has 0 saturated heterocycles. The van der Waals surface area contributed by atoms with Crippen LogP contribution in [-0.4, -0.2) is 32.7 Å². The number of hydrogen-bond acceptors (Lipinski definition) is 5. The highest BCUT2D eigenvalue weighted by Gasteiger charge is 2.06. The van der Waals surface area contributed by atoms with Crippen LogP contribution < -0.4 is 25.8 Å². The minimum absolute atomic E-state index is 0.0710. The molecule has 1 rings (SSSR count). The second kappa shape index (κ2) is 6.33. The highest BCUT2D eigenvalue weighted by Crippen LogP contribution is 2.29. The molecule has 0 saturated carbocycles. The number of ether oxygens (including phenoxy) is 2. The molecule has 7 nitrogen and oxygen atoms in total. The molecule has 0 fully saturated rings. The van der Waals surface area contributed by atoms with Gasteiger partial charge in [-0.2, -0.15) is 0 Å². The van der Waals surface area contributed by atoms with Crippen LogP contribution in [0.25, 0.3) is 0 Å². The van der Waals surface area contributed by atoms with Gasteiger partial charge in [-0.05, 0) is 12.1 Å². The van der Waals surface area contributed by atoms with E-state index in [2.05, 4.69) is 5.32 Å². The van der Waals surface area contributed by atoms with Crippen LogP contribution in [0.5, 0.6) is 11.5 Å². The number of rotatable bonds is 5. The average molecular weight is 253 g/mol. The van der Waals surface area contributed by atoms with E-state index in [1.54, 1.807) is 18.2 Å². The van der Waals surface area contributed by atoms with E-state index < -0.39 is 11.9 Å². The summed E-state index contributed by atoms with van der Waals surface area (Å²) in [4.78, 5) is 21.6. The summed E-state index contributed by atoms with van der Waals surface area (Å²) >= 11 is 0. The molecule has 98 valence electrons. The van der Waals surface area contributed by atoms with Crippen molar-refractivity contribution in [3.05, 3.63) is 18.2 Å². The number of anilines is 1. The Hall–Kier alpha value is -2.44. The summed E-state index contributed by atoms with van der Waals surface area (Å²) in [5, 5.41) is 4.77. The van der Waals surface area contributed by atoms with Crippen molar-refractivity contribution in [2.24, 2.45) is 5.73 Å². The molecule has 0 aliphatic carbocycles. The Kier molecular flexibility index (Phi) is 4.79. The first kappa shape index (κ1) is 13.6. The molecule has 0 heterocycles. The zero-order valence-electron chi connectivity index (χ0n) is 10.1. The van der Waals surface area contributed by atoms with Gasteiger partial charge in [-0.3, -0.25) is 10.1 Å². The van der Waals surface area contributed by atoms with Crippen LogP contribution in [0.1, 0.15) is 0 Å². The van der Waals surface area contributed by atoms with E-state index in [0.717, 1.165) is 0 Å². The molecule has 0 aliphatic heterocycles. The van der Waals surface area contributed by atoms with Crippen LogP contribution in [0, 0.1) is 0 Å². The number of carbonyl (C=O) groups excluding carboxylic acids is 2. The number of primary amides is 1. The predicted octanol–water partition coefficient (Wildman–Crippen LogP) is 0.311. The normalized spacial score (nSPS) is 9.44. The number of nitrogens with one attached hydrogen (secondary N) is 2. The summed E-state index contributed by atoms with van der Waals surface area (Å²) in [6, 6.07) is 4.22. The Bertz CT molecular complexity index is 448. The van der Waals surface area contributed by atoms with Crippen LogP contribution in [-0.2, 0) is 4.79 Å². The first-order chi connectivity index (χ1) is 8.56. The number of nitrogens with two attached hydrogens (primary N) is 1. The largest absolute Gasteiger partial charge is 0.493 e. The summed E-state index contributed by atoms with van der Waals surface area (Å²) < 4.78 is 10.2. The zero-order chi connectivity index (χ0) is 13.5. The van der Waals surface area contributed by atoms with Gasteiger partial charge in [-0.1, -0.05) is 0 Å². The molecule has 0 atom stereocenters. The molecule has 0 aliphatic rings. The molecule has 18 heavy (non-hydrogen) atoms. The van der Waals surface area contributed by atoms with E-state index in [1.807, 2.05) is 5.32 Å². The number of imide groups is 1. The van der Waals surface area contributed by atoms with Crippen LogP contribution >= 0.6 is 0 Å². The van der Waals surface area contributed by atoms with Gasteiger partial charge in [-0.25, -0.2) is 4.79 Å². The topological polar surface area (TPSA) is 103 Å². The van der Waals surface area contributed by atoms with Crippen molar-refractivity contribution in [2.45, 2.75) is 0 Å². The number of methoxy groups -OCH3 is 2. The van der Waals surface area contributed by atoms with Gasteiger partial charge in [0.2, 0.25) is 5.91 Å². The fraction of sp³-hybridized carbons (Fsp3) is 0.273. The van der Waals surface area contributed by atoms with Crippen molar-refractivity contribution in [1.29, 1.82) is 0 Å². The molecule has 0 bridgehead atoms. The lowest BCUT2D eigenvalue weighted by atomic mass is 10.2. The summed E-state index contributed by atoms with van der Waals surface area (Å²) in [5.41, 5.74) is 5.47. The van der Waals surface area contributed by atoms with Gasteiger partial charge >= 0.3 is 6.03 Å². The SMILES string of the molecule is COc1ccc(NCC(=O)NC(N)=O)cc1OC. The van der Waals surface area contributed by atoms with Crippen molar-refractivity contribution < 1.29 is 19.1 Å². The average Bonchev–Trinajstić information content (AvgIpc) is 2.35. The second-order valence-corrected chi connectivity index (χ2v) is 3.34. The van der Waals surface area contributed by atoms with Crippen LogP contribution in [0.15, 0.2) is 18.2 Å². The van der Waals surface area contributed by atoms with Crippen molar-refractivity contribution in [3.8, 4) is 11.5 Å². The molecule has 1 aromatic rings. The fourth-order valence-corrected chi connectivity index (χ4v) is 1.31. The highest BCUT2D eigenvalue weighted by atomic mass is 16.5. The van der Waals surface area contributed by atoms with Gasteiger partial charge in [-0.15, -0.1) is 0 Å². The quantitative estimate of drug-likeness (QED) is 0.700. The van der Waals surface area contributed by atoms with Gasteiger partial charge in [0.25, 0.3) is 0 Å². The molecule has 0 unspecified atom stereocenters. The second-order valence-electron chi connectivity index (χ2n) is 3.34. The summed E-state index contributed by atoms with van der Waals surface area (Å²) in [5.74, 6) is 0.611. The summed E-state index contributed by atoms with van der Waals surface area (Å²) in [6.07, 6.45) is 0. The Morgan fingerprint density at radius 3 is 2.44 bits per heavy atom. The molecule has 7 heteroatoms. The van der Waals surface area contributed by atoms with Gasteiger partial charge < -0.3 is 20.5 Å². The molecular formula is C11H15N3O4. The van der Waals surface area contributed by atoms with E-state index in [0.29, 0.717) is 17.2 Å². The third-order valence-electron chi connectivity index (χ3n) is 2.10. The molecule has 3 amide bonds. The molecule has 1 aromatic carbocycles. The minimum Gasteiger partial charge on any atom is -0.493 e. The number of urea groups is 1. The van der Waals surface area contributed by atoms with Gasteiger partial charge in [0.1, 0.15) is 0 Å². The summed E-state index contributed by atoms with van der Waals surface area (Å²) in [6.45, 7) is -0.0710. The maximum atomic E-state index is 11.2. The Labute approximate surface area is 104 Å². The van der Waals surface area contributed by atoms with E-state index >= 15 is 0 Å². The lowest BCUT2D eigenvalue weighted by Gasteiger charge is -2.10. The number of carbonyl (C=O) groups is 2. The van der Waals surface area contributed by atoms with Gasteiger partial charge in [0.15, 0.2) is 11.5 Å². The zero-order valence-corrected chi connectivity index (χ0v) is 10.1. The Morgan fingerprint density at radius 2 is 1.89 bits per heavy atom. The Balaban J connectivity index is 2.63. The van der Waals surface area contributed by atoms with E-state index in [-0.39, 0.29) is 6.54 Å². The lowest BCUT2D eigenvalue weighted by molar-refractivity contribution is -0.118. The highest BCUT2D eigenvalue weighted by molar-refractivity contribution is 5.95. The smallest absolute Gasteiger partial charge is 0.318 e. The standard InChI is InChI=1S/C11H15N3O4/c1-17-8-4-3-7(5-9(8)18-2)13-6-10(15)14-11(12)16/h3-5,13H,6H2,1-2H3,(H3,12,14,15,16). The summed E-state index contributed by atoms with van der Waals surface area (Å²) in [7, 11) is 3.05. The van der Waals surface area contributed by atoms with Gasteiger partial charge in [0, 0.05) is 11.8 Å². The molecular weight excluding hydrogens is 238 g/mol. The first-order valence-electron chi connectivity index (χ1n) is 5.12. The van der Waals surface area contributed by atoms with Crippen molar-refractivity contribution in [3.63, 3.8) is 0 Å². The van der Waals surface area contributed by atoms with Crippen LogP contribution in [0.3, 0.4) is 0 Å². The maximum Gasteiger partial charge on any atom is 0.318 e. The van der Waals surface area contributed by atoms with Crippen LogP contribution in [0.2, 0.25) is 0 Å². The van der Waals surface area contributed by atoms with E-state index in [1.165, 1.54) is 14.2 Å². The molecule has 0 aromatic heterocycles. The van der Waals surface area contributed by atoms with E-state index in [9.17, 15) is 9.59 Å². The van der Waals surface area contributed by atoms with E-state index in [4.69, 9.17) is 15.2 Å². The lowest BCUT2D eigenvalue weighted by Crippen LogP contribution is -2.38.